The monoisotopic (exact) mass is 1730 g/mol. The molecule has 10 aromatic rings. The summed E-state index contributed by atoms with van der Waals surface area (Å²) >= 11 is 0. The first-order valence-electron chi connectivity index (χ1n) is 47.3. The quantitative estimate of drug-likeness (QED) is 0.156. The minimum absolute atomic E-state index is 0.0423. The fraction of sp³-hybridized carbons (Fsp3) is 0.492. The molecule has 0 aromatic heterocycles. The van der Waals surface area contributed by atoms with Gasteiger partial charge in [-0.05, 0) is 210 Å². The molecule has 0 saturated heterocycles. The van der Waals surface area contributed by atoms with Crippen molar-refractivity contribution in [3.8, 4) is 46.0 Å². The van der Waals surface area contributed by atoms with Crippen LogP contribution in [0.4, 0.5) is 0 Å². The van der Waals surface area contributed by atoms with Crippen molar-refractivity contribution in [2.24, 2.45) is 0 Å². The molecule has 20 bridgehead atoms. The zero-order valence-electron chi connectivity index (χ0n) is 83.7. The minimum atomic E-state index is -0.339. The Balaban J connectivity index is 1.18. The Morgan fingerprint density at radius 1 is 0.203 bits per heavy atom. The van der Waals surface area contributed by atoms with E-state index in [0.717, 1.165) is 179 Å². The van der Waals surface area contributed by atoms with Crippen LogP contribution in [0.3, 0.4) is 0 Å². The van der Waals surface area contributed by atoms with E-state index in [1.165, 1.54) is 11.1 Å². The zero-order valence-corrected chi connectivity index (χ0v) is 83.7. The normalized spacial score (nSPS) is 15.2. The molecule has 2 N–H and O–H groups in total. The van der Waals surface area contributed by atoms with Crippen LogP contribution < -0.4 is 28.4 Å². The molecule has 10 nitrogen and oxygen atoms in total. The summed E-state index contributed by atoms with van der Waals surface area (Å²) in [6, 6.07) is 55.2. The van der Waals surface area contributed by atoms with Crippen LogP contribution in [0.1, 0.15) is 363 Å². The van der Waals surface area contributed by atoms with Crippen molar-refractivity contribution >= 4 is 0 Å². The van der Waals surface area contributed by atoms with Gasteiger partial charge in [-0.1, -0.05) is 353 Å². The Bertz CT molecular complexity index is 5080. The Labute approximate surface area is 770 Å². The summed E-state index contributed by atoms with van der Waals surface area (Å²) in [5.74, 6) is 5.06. The van der Waals surface area contributed by atoms with Crippen LogP contribution in [-0.2, 0) is 128 Å². The van der Waals surface area contributed by atoms with Gasteiger partial charge in [0.25, 0.3) is 0 Å². The van der Waals surface area contributed by atoms with E-state index >= 15 is 0 Å². The van der Waals surface area contributed by atoms with E-state index in [0.29, 0.717) is 64.6 Å². The number of fused-ring (bicyclic) bond motifs is 12. The van der Waals surface area contributed by atoms with Gasteiger partial charge in [0.15, 0.2) is 0 Å². The lowest BCUT2D eigenvalue weighted by Crippen LogP contribution is -2.19. The highest BCUT2D eigenvalue weighted by Crippen LogP contribution is 2.49. The van der Waals surface area contributed by atoms with Crippen molar-refractivity contribution in [3.05, 3.63) is 301 Å². The van der Waals surface area contributed by atoms with E-state index in [1.807, 2.05) is 0 Å². The molecular formula is C118H152O10. The predicted molar refractivity (Wildman–Crippen MR) is 529 cm³/mol. The molecule has 4 aliphatic heterocycles. The zero-order chi connectivity index (χ0) is 93.1. The molecule has 684 valence electrons. The molecule has 0 fully saturated rings. The fourth-order valence-corrected chi connectivity index (χ4v) is 17.9. The topological polar surface area (TPSA) is 114 Å². The molecule has 0 spiro atoms. The minimum Gasteiger partial charge on any atom is -0.507 e. The van der Waals surface area contributed by atoms with Crippen LogP contribution in [-0.4, -0.2) is 63.1 Å². The average molecular weight is 1730 g/mol. The first-order valence-corrected chi connectivity index (χ1v) is 47.3. The number of benzene rings is 10. The predicted octanol–water partition coefficient (Wildman–Crippen LogP) is 27.8. The van der Waals surface area contributed by atoms with Gasteiger partial charge in [0.2, 0.25) is 0 Å². The highest BCUT2D eigenvalue weighted by atomic mass is 16.6. The summed E-state index contributed by atoms with van der Waals surface area (Å²) in [5.41, 5.74) is 26.1. The Morgan fingerprint density at radius 2 is 0.359 bits per heavy atom. The summed E-state index contributed by atoms with van der Waals surface area (Å²) in [5, 5.41) is 27.6. The number of hydrogen-bond acceptors (Lipinski definition) is 10. The summed E-state index contributed by atoms with van der Waals surface area (Å²) < 4.78 is 59.4. The lowest BCUT2D eigenvalue weighted by Gasteiger charge is -2.29. The molecule has 0 saturated carbocycles. The molecule has 10 aromatic carbocycles. The molecule has 4 heterocycles. The lowest BCUT2D eigenvalue weighted by molar-refractivity contribution is 0.0755. The van der Waals surface area contributed by atoms with Crippen LogP contribution >= 0.6 is 0 Å². The molecule has 0 amide bonds. The van der Waals surface area contributed by atoms with E-state index in [4.69, 9.17) is 37.9 Å². The van der Waals surface area contributed by atoms with E-state index in [2.05, 4.69) is 353 Å². The SMILES string of the molecule is CC(C)(C)c1ccc(COc2c3cc(C(C)(C)C)cc2Cc2cc(C(C)(C)C)cc4c2OCCOCCOc2c5cc(C(C)(C)C)cc2Cc2cc(C(C)(C)C)cc(c2OCc2ccc(C(C)(C)C)cc2)Cc2cc(C(C)(C)C)cc(c2OCCOCCOc2c(cc(C(C)(C)C)cc2C3)Cc2cc(C(C)(C)C)cc(c2O)C5)Cc2cc(C(C)(C)C)cc(c2O)C4)cc1. The highest BCUT2D eigenvalue weighted by Gasteiger charge is 2.35. The summed E-state index contributed by atoms with van der Waals surface area (Å²) in [7, 11) is 0. The van der Waals surface area contributed by atoms with Gasteiger partial charge in [0.05, 0.1) is 26.4 Å². The molecular weight excluding hydrogens is 1580 g/mol. The Morgan fingerprint density at radius 3 is 0.531 bits per heavy atom. The largest absolute Gasteiger partial charge is 0.507 e. The highest BCUT2D eigenvalue weighted by molar-refractivity contribution is 5.64. The van der Waals surface area contributed by atoms with E-state index < -0.39 is 0 Å². The van der Waals surface area contributed by atoms with E-state index in [1.54, 1.807) is 0 Å². The van der Waals surface area contributed by atoms with Crippen LogP contribution in [0.25, 0.3) is 0 Å². The molecule has 0 radical (unpaired) electrons. The van der Waals surface area contributed by atoms with Crippen LogP contribution in [0, 0.1) is 0 Å². The first kappa shape index (κ1) is 96.1. The summed E-state index contributed by atoms with van der Waals surface area (Å²) in [6.07, 6.45) is 3.13. The molecule has 4 aliphatic rings. The van der Waals surface area contributed by atoms with Crippen molar-refractivity contribution in [1.82, 2.24) is 0 Å². The summed E-state index contributed by atoms with van der Waals surface area (Å²) in [4.78, 5) is 0. The maximum Gasteiger partial charge on any atom is 0.126 e. The maximum absolute atomic E-state index is 13.8. The molecule has 0 unspecified atom stereocenters. The number of ether oxygens (including phenoxy) is 8. The van der Waals surface area contributed by atoms with Crippen molar-refractivity contribution in [1.29, 1.82) is 0 Å². The number of rotatable bonds is 6. The van der Waals surface area contributed by atoms with Crippen molar-refractivity contribution in [2.75, 3.05) is 52.9 Å². The van der Waals surface area contributed by atoms with Crippen molar-refractivity contribution in [2.45, 2.75) is 326 Å². The third-order valence-corrected chi connectivity index (χ3v) is 26.3. The van der Waals surface area contributed by atoms with Gasteiger partial charge in [-0.25, -0.2) is 0 Å². The second-order valence-corrected chi connectivity index (χ2v) is 47.5. The maximum atomic E-state index is 13.8. The van der Waals surface area contributed by atoms with Gasteiger partial charge in [-0.2, -0.15) is 0 Å². The standard InChI is InChI=1S/C118H152O10/c1-109(2,3)91-35-31-73(32-36-91)71-127-107-87-51-83-63-95(113(13,14)15)59-79-47-75-55-93(111(7,8)9)57-77(101(75)119)49-81-61-97(115(19,20)21)65-85-53-89-69-100(118(28,29)30)70-90(108(89)128-72-74-33-37-92(38-34-74)110(4,5)6)54-86-66-98(116(22,23)24)62-82(106(86)126-46-42-121-39-43-123-103(79)83)50-78-58-94(112(10,11)12)56-76(102(78)120)48-80-60-96(114(16,17)18)64-84(52-88(107)68-99(67-87)117(25,26)27)104(80)124-44-40-122-41-45-125-105(81)85/h31-38,55-70,119-120H,39-54,71-72H2,1-30H3. The van der Waals surface area contributed by atoms with Gasteiger partial charge in [-0.15, -0.1) is 0 Å². The van der Waals surface area contributed by atoms with Gasteiger partial charge >= 0.3 is 0 Å². The second kappa shape index (κ2) is 36.7. The van der Waals surface area contributed by atoms with Crippen LogP contribution in [0.2, 0.25) is 0 Å². The van der Waals surface area contributed by atoms with E-state index in [9.17, 15) is 10.2 Å². The van der Waals surface area contributed by atoms with Crippen LogP contribution in [0.15, 0.2) is 146 Å². The second-order valence-electron chi connectivity index (χ2n) is 47.5. The van der Waals surface area contributed by atoms with Gasteiger partial charge in [-0.3, -0.25) is 0 Å². The third-order valence-electron chi connectivity index (χ3n) is 26.3. The van der Waals surface area contributed by atoms with Gasteiger partial charge in [0, 0.05) is 51.4 Å². The fourth-order valence-electron chi connectivity index (χ4n) is 17.9. The third kappa shape index (κ3) is 22.9. The van der Waals surface area contributed by atoms with Crippen LogP contribution in [0.5, 0.6) is 46.0 Å². The Kier molecular flexibility index (Phi) is 27.5. The molecule has 128 heavy (non-hydrogen) atoms. The molecule has 0 aliphatic carbocycles. The molecule has 0 atom stereocenters. The average Bonchev–Trinajstić information content (AvgIpc) is 0.765. The lowest BCUT2D eigenvalue weighted by atomic mass is 9.79. The van der Waals surface area contributed by atoms with Gasteiger partial charge < -0.3 is 48.1 Å². The smallest absolute Gasteiger partial charge is 0.126 e. The number of hydrogen-bond donors (Lipinski definition) is 2. The Hall–Kier alpha value is -9.48. The number of phenols is 2. The summed E-state index contributed by atoms with van der Waals surface area (Å²) in [6.45, 7) is 71.0. The number of phenolic OH excluding ortho intramolecular Hbond substituents is 2. The van der Waals surface area contributed by atoms with E-state index in [-0.39, 0.29) is 119 Å². The first-order chi connectivity index (χ1) is 59.5. The molecule has 10 heteroatoms. The van der Waals surface area contributed by atoms with Gasteiger partial charge in [0.1, 0.15) is 85.6 Å². The van der Waals surface area contributed by atoms with Crippen molar-refractivity contribution < 1.29 is 48.1 Å². The number of aromatic hydroxyl groups is 2. The van der Waals surface area contributed by atoms with Crippen molar-refractivity contribution in [3.63, 3.8) is 0 Å². The molecule has 14 rings (SSSR count).